The van der Waals surface area contributed by atoms with Gasteiger partial charge < -0.3 is 16.2 Å². The number of methoxy groups -OCH3 is 1. The number of nitro groups is 1. The van der Waals surface area contributed by atoms with E-state index in [4.69, 9.17) is 11.5 Å². The Balaban J connectivity index is 2.86. The fourth-order valence-electron chi connectivity index (χ4n) is 1.35. The number of hydrogen-bond donors (Lipinski definition) is 2. The van der Waals surface area contributed by atoms with Crippen molar-refractivity contribution in [2.45, 2.75) is 12.5 Å². The van der Waals surface area contributed by atoms with Gasteiger partial charge in [-0.15, -0.1) is 0 Å². The zero-order valence-electron chi connectivity index (χ0n) is 9.25. The van der Waals surface area contributed by atoms with Gasteiger partial charge in [-0.05, 0) is 5.56 Å². The van der Waals surface area contributed by atoms with Crippen LogP contribution in [0.1, 0.15) is 5.56 Å². The van der Waals surface area contributed by atoms with Crippen LogP contribution in [0.15, 0.2) is 18.2 Å². The molecule has 0 spiro atoms. The Morgan fingerprint density at radius 2 is 2.24 bits per heavy atom. The monoisotopic (exact) mass is 239 g/mol. The number of carbonyl (C=O) groups is 1. The van der Waals surface area contributed by atoms with E-state index in [-0.39, 0.29) is 17.8 Å². The molecule has 7 heteroatoms. The van der Waals surface area contributed by atoms with Crippen LogP contribution in [-0.4, -0.2) is 24.0 Å². The first-order chi connectivity index (χ1) is 7.95. The van der Waals surface area contributed by atoms with Crippen molar-refractivity contribution >= 4 is 17.3 Å². The molecule has 0 aromatic heterocycles. The van der Waals surface area contributed by atoms with E-state index >= 15 is 0 Å². The van der Waals surface area contributed by atoms with E-state index in [2.05, 4.69) is 4.74 Å². The van der Waals surface area contributed by atoms with E-state index in [1.165, 1.54) is 25.3 Å². The first-order valence-electron chi connectivity index (χ1n) is 4.82. The topological polar surface area (TPSA) is 121 Å². The lowest BCUT2D eigenvalue weighted by molar-refractivity contribution is -0.384. The van der Waals surface area contributed by atoms with Crippen molar-refractivity contribution in [1.82, 2.24) is 0 Å². The molecule has 1 atom stereocenters. The van der Waals surface area contributed by atoms with Crippen molar-refractivity contribution in [2.75, 3.05) is 12.8 Å². The first kappa shape index (κ1) is 12.9. The molecule has 0 fully saturated rings. The van der Waals surface area contributed by atoms with Crippen LogP contribution in [0.5, 0.6) is 0 Å². The van der Waals surface area contributed by atoms with Crippen molar-refractivity contribution in [2.24, 2.45) is 5.73 Å². The smallest absolute Gasteiger partial charge is 0.322 e. The van der Waals surface area contributed by atoms with E-state index in [1.807, 2.05) is 0 Å². The van der Waals surface area contributed by atoms with Gasteiger partial charge in [-0.2, -0.15) is 0 Å². The highest BCUT2D eigenvalue weighted by Gasteiger charge is 2.17. The second-order valence-corrected chi connectivity index (χ2v) is 3.47. The van der Waals surface area contributed by atoms with Gasteiger partial charge in [-0.1, -0.05) is 6.07 Å². The van der Waals surface area contributed by atoms with Crippen LogP contribution in [0.3, 0.4) is 0 Å². The minimum Gasteiger partial charge on any atom is -0.468 e. The highest BCUT2D eigenvalue weighted by Crippen LogP contribution is 2.20. The van der Waals surface area contributed by atoms with Gasteiger partial charge in [0.25, 0.3) is 5.69 Å². The maximum Gasteiger partial charge on any atom is 0.322 e. The number of ether oxygens (including phenoxy) is 1. The van der Waals surface area contributed by atoms with Crippen molar-refractivity contribution in [3.63, 3.8) is 0 Å². The molecule has 1 aromatic carbocycles. The molecule has 1 rings (SSSR count). The van der Waals surface area contributed by atoms with Crippen LogP contribution in [0.25, 0.3) is 0 Å². The Labute approximate surface area is 97.5 Å². The van der Waals surface area contributed by atoms with Gasteiger partial charge in [0.2, 0.25) is 0 Å². The average Bonchev–Trinajstić information content (AvgIpc) is 2.30. The maximum atomic E-state index is 11.1. The fourth-order valence-corrected chi connectivity index (χ4v) is 1.35. The third-order valence-corrected chi connectivity index (χ3v) is 2.28. The predicted molar refractivity (Wildman–Crippen MR) is 61.2 cm³/mol. The quantitative estimate of drug-likeness (QED) is 0.335. The van der Waals surface area contributed by atoms with Gasteiger partial charge in [-0.3, -0.25) is 14.9 Å². The van der Waals surface area contributed by atoms with Gasteiger partial charge >= 0.3 is 5.97 Å². The van der Waals surface area contributed by atoms with Gasteiger partial charge in [-0.25, -0.2) is 0 Å². The summed E-state index contributed by atoms with van der Waals surface area (Å²) in [5.74, 6) is -0.553. The summed E-state index contributed by atoms with van der Waals surface area (Å²) >= 11 is 0. The summed E-state index contributed by atoms with van der Waals surface area (Å²) in [6.07, 6.45) is 0.177. The summed E-state index contributed by atoms with van der Waals surface area (Å²) in [4.78, 5) is 21.1. The second kappa shape index (κ2) is 5.26. The van der Waals surface area contributed by atoms with Crippen molar-refractivity contribution in [3.05, 3.63) is 33.9 Å². The van der Waals surface area contributed by atoms with Gasteiger partial charge in [0, 0.05) is 24.2 Å². The zero-order valence-corrected chi connectivity index (χ0v) is 9.25. The molecule has 0 aliphatic heterocycles. The number of esters is 1. The molecule has 0 saturated heterocycles. The Hall–Kier alpha value is -2.15. The molecule has 0 aliphatic carbocycles. The zero-order chi connectivity index (χ0) is 13.0. The van der Waals surface area contributed by atoms with Crippen LogP contribution in [0.4, 0.5) is 11.4 Å². The minimum absolute atomic E-state index is 0.0992. The summed E-state index contributed by atoms with van der Waals surface area (Å²) in [5, 5.41) is 10.5. The van der Waals surface area contributed by atoms with Crippen molar-refractivity contribution < 1.29 is 14.5 Å². The number of nitrogens with two attached hydrogens (primary N) is 2. The number of rotatable bonds is 4. The highest BCUT2D eigenvalue weighted by atomic mass is 16.6. The molecule has 7 nitrogen and oxygen atoms in total. The number of hydrogen-bond acceptors (Lipinski definition) is 6. The SMILES string of the molecule is COC(=O)[C@@H](N)Cc1ccc([N+](=O)[O-])cc1N. The number of benzene rings is 1. The van der Waals surface area contributed by atoms with E-state index in [0.29, 0.717) is 5.56 Å². The summed E-state index contributed by atoms with van der Waals surface area (Å²) in [5.41, 5.74) is 11.9. The number of nitrogens with zero attached hydrogens (tertiary/aromatic N) is 1. The number of non-ortho nitro benzene ring substituents is 1. The van der Waals surface area contributed by atoms with Crippen LogP contribution in [0, 0.1) is 10.1 Å². The standard InChI is InChI=1S/C10H13N3O4/c1-17-10(14)9(12)4-6-2-3-7(13(15)16)5-8(6)11/h2-3,5,9H,4,11-12H2,1H3/t9-/m0/s1. The van der Waals surface area contributed by atoms with Crippen LogP contribution in [0.2, 0.25) is 0 Å². The molecule has 0 bridgehead atoms. The summed E-state index contributed by atoms with van der Waals surface area (Å²) in [6, 6.07) is 3.20. The predicted octanol–water partition coefficient (Wildman–Crippen LogP) is 0.220. The molecular formula is C10H13N3O4. The summed E-state index contributed by atoms with van der Waals surface area (Å²) in [7, 11) is 1.24. The van der Waals surface area contributed by atoms with Gasteiger partial charge in [0.15, 0.2) is 0 Å². The molecule has 92 valence electrons. The van der Waals surface area contributed by atoms with Crippen LogP contribution in [-0.2, 0) is 16.0 Å². The molecule has 0 aliphatic rings. The Bertz CT molecular complexity index is 447. The summed E-state index contributed by atoms with van der Waals surface area (Å²) in [6.45, 7) is 0. The molecule has 0 amide bonds. The van der Waals surface area contributed by atoms with Crippen molar-refractivity contribution in [1.29, 1.82) is 0 Å². The highest BCUT2D eigenvalue weighted by molar-refractivity contribution is 5.76. The molecule has 0 heterocycles. The van der Waals surface area contributed by atoms with Gasteiger partial charge in [0.1, 0.15) is 6.04 Å². The molecule has 0 saturated carbocycles. The second-order valence-electron chi connectivity index (χ2n) is 3.47. The number of nitrogen functional groups attached to an aromatic ring is 1. The molecule has 1 aromatic rings. The molecule has 17 heavy (non-hydrogen) atoms. The number of anilines is 1. The van der Waals surface area contributed by atoms with Crippen LogP contribution < -0.4 is 11.5 Å². The first-order valence-corrected chi connectivity index (χ1v) is 4.82. The number of carbonyl (C=O) groups excluding carboxylic acids is 1. The molecule has 0 unspecified atom stereocenters. The summed E-state index contributed by atoms with van der Waals surface area (Å²) < 4.78 is 4.47. The van der Waals surface area contributed by atoms with E-state index in [1.54, 1.807) is 0 Å². The normalized spacial score (nSPS) is 11.9. The lowest BCUT2D eigenvalue weighted by atomic mass is 10.0. The average molecular weight is 239 g/mol. The third-order valence-electron chi connectivity index (χ3n) is 2.28. The minimum atomic E-state index is -0.830. The Morgan fingerprint density at radius 3 is 2.71 bits per heavy atom. The lowest BCUT2D eigenvalue weighted by Crippen LogP contribution is -2.33. The largest absolute Gasteiger partial charge is 0.468 e. The molecule has 0 radical (unpaired) electrons. The van der Waals surface area contributed by atoms with Crippen molar-refractivity contribution in [3.8, 4) is 0 Å². The lowest BCUT2D eigenvalue weighted by Gasteiger charge is -2.10. The number of nitro benzene ring substituents is 1. The van der Waals surface area contributed by atoms with E-state index < -0.39 is 16.9 Å². The Kier molecular flexibility index (Phi) is 4.00. The maximum absolute atomic E-state index is 11.1. The van der Waals surface area contributed by atoms with E-state index in [9.17, 15) is 14.9 Å². The Morgan fingerprint density at radius 1 is 1.59 bits per heavy atom. The third kappa shape index (κ3) is 3.15. The molecular weight excluding hydrogens is 226 g/mol. The fraction of sp³-hybridized carbons (Fsp3) is 0.300. The van der Waals surface area contributed by atoms with E-state index in [0.717, 1.165) is 0 Å². The molecule has 4 N–H and O–H groups in total. The van der Waals surface area contributed by atoms with Gasteiger partial charge in [0.05, 0.1) is 12.0 Å². The van der Waals surface area contributed by atoms with Crippen LogP contribution >= 0.6 is 0 Å².